The molecule has 3 atom stereocenters. The van der Waals surface area contributed by atoms with Crippen LogP contribution in [0.25, 0.3) is 0 Å². The van der Waals surface area contributed by atoms with Crippen LogP contribution >= 0.6 is 0 Å². The van der Waals surface area contributed by atoms with Crippen molar-refractivity contribution < 1.29 is 14.9 Å². The van der Waals surface area contributed by atoms with E-state index in [0.717, 1.165) is 19.3 Å². The standard InChI is InChI=1S/C20H34O3/c1-9-16(2,3)22-23-17(4,5)12-13-20(21)14-15-10-11-19(20,8)18(15,6)7/h15,21H,9-11,14H2,1-8H3/t15-,19+,20+/m0/s1. The highest BCUT2D eigenvalue weighted by atomic mass is 17.2. The van der Waals surface area contributed by atoms with Gasteiger partial charge in [0.05, 0.1) is 5.60 Å². The molecule has 3 heteroatoms. The van der Waals surface area contributed by atoms with E-state index in [4.69, 9.17) is 9.78 Å². The zero-order chi connectivity index (χ0) is 17.7. The molecule has 0 saturated heterocycles. The van der Waals surface area contributed by atoms with E-state index >= 15 is 0 Å². The van der Waals surface area contributed by atoms with Crippen LogP contribution in [0.4, 0.5) is 0 Å². The van der Waals surface area contributed by atoms with Gasteiger partial charge in [0.2, 0.25) is 0 Å². The third-order valence-corrected chi connectivity index (χ3v) is 6.79. The molecular formula is C20H34O3. The second kappa shape index (κ2) is 5.48. The zero-order valence-corrected chi connectivity index (χ0v) is 16.2. The monoisotopic (exact) mass is 322 g/mol. The van der Waals surface area contributed by atoms with Gasteiger partial charge in [-0.15, -0.1) is 0 Å². The number of rotatable bonds is 4. The topological polar surface area (TPSA) is 38.7 Å². The second-order valence-electron chi connectivity index (χ2n) is 9.39. The van der Waals surface area contributed by atoms with E-state index in [1.807, 2.05) is 27.7 Å². The lowest BCUT2D eigenvalue weighted by Gasteiger charge is -2.42. The van der Waals surface area contributed by atoms with Gasteiger partial charge in [-0.3, -0.25) is 0 Å². The van der Waals surface area contributed by atoms with Crippen LogP contribution in [0.2, 0.25) is 0 Å². The first kappa shape index (κ1) is 18.8. The van der Waals surface area contributed by atoms with E-state index in [0.29, 0.717) is 5.92 Å². The van der Waals surface area contributed by atoms with E-state index in [1.54, 1.807) is 0 Å². The zero-order valence-electron chi connectivity index (χ0n) is 16.2. The Hall–Kier alpha value is -0.560. The van der Waals surface area contributed by atoms with Crippen molar-refractivity contribution in [3.8, 4) is 11.8 Å². The molecule has 0 unspecified atom stereocenters. The molecule has 2 saturated carbocycles. The molecule has 0 heterocycles. The van der Waals surface area contributed by atoms with Crippen LogP contribution in [0.3, 0.4) is 0 Å². The van der Waals surface area contributed by atoms with Crippen LogP contribution in [0.15, 0.2) is 0 Å². The summed E-state index contributed by atoms with van der Waals surface area (Å²) in [5.74, 6) is 6.87. The molecule has 0 radical (unpaired) electrons. The van der Waals surface area contributed by atoms with Crippen LogP contribution in [0.1, 0.15) is 81.1 Å². The maximum atomic E-state index is 11.2. The molecule has 2 rings (SSSR count). The number of aliphatic hydroxyl groups is 1. The summed E-state index contributed by atoms with van der Waals surface area (Å²) in [4.78, 5) is 11.1. The molecule has 0 aliphatic heterocycles. The van der Waals surface area contributed by atoms with Gasteiger partial charge in [0.15, 0.2) is 5.60 Å². The minimum atomic E-state index is -0.930. The molecule has 2 aliphatic carbocycles. The average Bonchev–Trinajstić information content (AvgIpc) is 2.76. The Morgan fingerprint density at radius 1 is 1.13 bits per heavy atom. The Kier molecular flexibility index (Phi) is 4.47. The summed E-state index contributed by atoms with van der Waals surface area (Å²) in [5, 5.41) is 11.2. The first-order valence-corrected chi connectivity index (χ1v) is 8.92. The second-order valence-corrected chi connectivity index (χ2v) is 9.39. The third-order valence-electron chi connectivity index (χ3n) is 6.79. The average molecular weight is 322 g/mol. The molecule has 2 bridgehead atoms. The van der Waals surface area contributed by atoms with Crippen molar-refractivity contribution in [2.75, 3.05) is 0 Å². The SMILES string of the molecule is CCC(C)(C)OOC(C)(C)C#C[C@@]1(O)C[C@@H]2CC[C@]1(C)C2(C)C. The highest BCUT2D eigenvalue weighted by molar-refractivity contribution is 5.31. The van der Waals surface area contributed by atoms with Gasteiger partial charge in [0, 0.05) is 5.41 Å². The highest BCUT2D eigenvalue weighted by Crippen LogP contribution is 2.69. The van der Waals surface area contributed by atoms with Gasteiger partial charge >= 0.3 is 0 Å². The molecular weight excluding hydrogens is 288 g/mol. The Morgan fingerprint density at radius 3 is 2.17 bits per heavy atom. The smallest absolute Gasteiger partial charge is 0.158 e. The van der Waals surface area contributed by atoms with Crippen molar-refractivity contribution in [3.05, 3.63) is 0 Å². The minimum Gasteiger partial charge on any atom is -0.377 e. The maximum absolute atomic E-state index is 11.2. The lowest BCUT2D eigenvalue weighted by atomic mass is 9.64. The highest BCUT2D eigenvalue weighted by Gasteiger charge is 2.68. The summed E-state index contributed by atoms with van der Waals surface area (Å²) in [7, 11) is 0. The quantitative estimate of drug-likeness (QED) is 0.471. The molecule has 23 heavy (non-hydrogen) atoms. The van der Waals surface area contributed by atoms with Gasteiger partial charge in [0.25, 0.3) is 0 Å². The van der Waals surface area contributed by atoms with Crippen molar-refractivity contribution in [2.24, 2.45) is 16.7 Å². The largest absolute Gasteiger partial charge is 0.377 e. The Labute approximate surface area is 142 Å². The van der Waals surface area contributed by atoms with E-state index in [2.05, 4.69) is 39.5 Å². The molecule has 1 N–H and O–H groups in total. The fourth-order valence-electron chi connectivity index (χ4n) is 4.01. The Balaban J connectivity index is 2.15. The first-order chi connectivity index (χ1) is 10.3. The fourth-order valence-corrected chi connectivity index (χ4v) is 4.01. The molecule has 2 fully saturated rings. The summed E-state index contributed by atoms with van der Waals surface area (Å²) in [6, 6.07) is 0. The van der Waals surface area contributed by atoms with Crippen LogP contribution in [-0.2, 0) is 9.78 Å². The predicted octanol–water partition coefficient (Wildman–Crippen LogP) is 4.48. The third kappa shape index (κ3) is 3.06. The van der Waals surface area contributed by atoms with E-state index < -0.39 is 11.2 Å². The number of hydrogen-bond donors (Lipinski definition) is 1. The number of hydrogen-bond acceptors (Lipinski definition) is 3. The Bertz CT molecular complexity index is 523. The molecule has 0 amide bonds. The molecule has 0 aromatic heterocycles. The summed E-state index contributed by atoms with van der Waals surface area (Å²) in [5.41, 5.74) is -2.04. The van der Waals surface area contributed by atoms with Gasteiger partial charge in [-0.25, -0.2) is 9.78 Å². The van der Waals surface area contributed by atoms with Crippen molar-refractivity contribution in [2.45, 2.75) is 97.9 Å². The van der Waals surface area contributed by atoms with E-state index in [-0.39, 0.29) is 16.4 Å². The molecule has 2 aliphatic rings. The summed E-state index contributed by atoms with van der Waals surface area (Å²) < 4.78 is 0. The van der Waals surface area contributed by atoms with Crippen LogP contribution in [-0.4, -0.2) is 21.9 Å². The predicted molar refractivity (Wildman–Crippen MR) is 92.6 cm³/mol. The lowest BCUT2D eigenvalue weighted by Crippen LogP contribution is -2.46. The van der Waals surface area contributed by atoms with Crippen molar-refractivity contribution >= 4 is 0 Å². The normalized spacial score (nSPS) is 36.0. The lowest BCUT2D eigenvalue weighted by molar-refractivity contribution is -0.388. The van der Waals surface area contributed by atoms with E-state index in [1.165, 1.54) is 6.42 Å². The molecule has 132 valence electrons. The molecule has 0 aromatic rings. The summed E-state index contributed by atoms with van der Waals surface area (Å²) in [6.07, 6.45) is 3.85. The van der Waals surface area contributed by atoms with Gasteiger partial charge in [-0.05, 0) is 64.7 Å². The molecule has 0 spiro atoms. The Morgan fingerprint density at radius 2 is 1.74 bits per heavy atom. The van der Waals surface area contributed by atoms with Crippen LogP contribution < -0.4 is 0 Å². The van der Waals surface area contributed by atoms with Crippen molar-refractivity contribution in [1.29, 1.82) is 0 Å². The van der Waals surface area contributed by atoms with Gasteiger partial charge in [-0.1, -0.05) is 39.5 Å². The molecule has 3 nitrogen and oxygen atoms in total. The van der Waals surface area contributed by atoms with E-state index in [9.17, 15) is 5.11 Å². The van der Waals surface area contributed by atoms with Crippen molar-refractivity contribution in [3.63, 3.8) is 0 Å². The summed E-state index contributed by atoms with van der Waals surface area (Å²) >= 11 is 0. The first-order valence-electron chi connectivity index (χ1n) is 8.92. The summed E-state index contributed by atoms with van der Waals surface area (Å²) in [6.45, 7) is 16.6. The van der Waals surface area contributed by atoms with Crippen molar-refractivity contribution in [1.82, 2.24) is 0 Å². The molecule has 0 aromatic carbocycles. The fraction of sp³-hybridized carbons (Fsp3) is 0.900. The van der Waals surface area contributed by atoms with Crippen LogP contribution in [0.5, 0.6) is 0 Å². The van der Waals surface area contributed by atoms with Gasteiger partial charge in [0.1, 0.15) is 5.60 Å². The van der Waals surface area contributed by atoms with Gasteiger partial charge in [-0.2, -0.15) is 0 Å². The number of fused-ring (bicyclic) bond motifs is 2. The van der Waals surface area contributed by atoms with Crippen LogP contribution in [0, 0.1) is 28.6 Å². The minimum absolute atomic E-state index is 0.127. The van der Waals surface area contributed by atoms with Gasteiger partial charge < -0.3 is 5.11 Å². The maximum Gasteiger partial charge on any atom is 0.158 e.